The molecule has 0 atom stereocenters. The van der Waals surface area contributed by atoms with Crippen LogP contribution in [0.2, 0.25) is 0 Å². The number of fused-ring (bicyclic) bond motifs is 1. The quantitative estimate of drug-likeness (QED) is 0.375. The fraction of sp³-hybridized carbons (Fsp3) is 0.310. The van der Waals surface area contributed by atoms with Crippen LogP contribution in [0.5, 0.6) is 0 Å². The number of hydrogen-bond donors (Lipinski definition) is 0. The molecule has 0 bridgehead atoms. The Morgan fingerprint density at radius 1 is 0.857 bits per heavy atom. The van der Waals surface area contributed by atoms with Crippen LogP contribution < -0.4 is 9.80 Å². The third-order valence-corrected chi connectivity index (χ3v) is 6.49. The van der Waals surface area contributed by atoms with Gasteiger partial charge < -0.3 is 9.80 Å². The number of ketones is 1. The average Bonchev–Trinajstić information content (AvgIpc) is 2.88. The molecular weight excluding hydrogens is 434 g/mol. The van der Waals surface area contributed by atoms with Crippen LogP contribution in [-0.4, -0.2) is 46.9 Å². The first-order valence-corrected chi connectivity index (χ1v) is 12.3. The lowest BCUT2D eigenvalue weighted by Crippen LogP contribution is -2.46. The molecule has 0 amide bonds. The first kappa shape index (κ1) is 23.0. The summed E-state index contributed by atoms with van der Waals surface area (Å²) in [5.41, 5.74) is 6.28. The average molecular weight is 466 g/mol. The molecule has 6 nitrogen and oxygen atoms in total. The summed E-state index contributed by atoms with van der Waals surface area (Å²) in [5, 5.41) is 0. The Kier molecular flexibility index (Phi) is 6.70. The van der Waals surface area contributed by atoms with E-state index in [0.29, 0.717) is 24.5 Å². The Bertz CT molecular complexity index is 1300. The lowest BCUT2D eigenvalue weighted by Gasteiger charge is -2.36. The van der Waals surface area contributed by atoms with Crippen molar-refractivity contribution in [2.24, 2.45) is 5.92 Å². The van der Waals surface area contributed by atoms with Crippen molar-refractivity contribution in [2.45, 2.75) is 26.7 Å². The number of piperazine rings is 1. The smallest absolute Gasteiger partial charge is 0.147 e. The van der Waals surface area contributed by atoms with Crippen LogP contribution in [0.4, 0.5) is 11.5 Å². The second-order valence-electron chi connectivity index (χ2n) is 9.62. The maximum absolute atomic E-state index is 12.2. The molecule has 178 valence electrons. The number of pyridine rings is 1. The topological polar surface area (TPSA) is 62.2 Å². The molecule has 5 rings (SSSR count). The van der Waals surface area contributed by atoms with E-state index in [9.17, 15) is 4.79 Å². The minimum Gasteiger partial charge on any atom is -0.368 e. The van der Waals surface area contributed by atoms with E-state index in [4.69, 9.17) is 4.98 Å². The van der Waals surface area contributed by atoms with Crippen LogP contribution in [0.3, 0.4) is 0 Å². The molecule has 3 heterocycles. The zero-order chi connectivity index (χ0) is 24.2. The maximum atomic E-state index is 12.2. The minimum absolute atomic E-state index is 0.294. The summed E-state index contributed by atoms with van der Waals surface area (Å²) in [6.07, 6.45) is 6.70. The summed E-state index contributed by atoms with van der Waals surface area (Å²) in [5.74, 6) is 1.61. The lowest BCUT2D eigenvalue weighted by molar-refractivity contribution is -0.119. The highest BCUT2D eigenvalue weighted by Crippen LogP contribution is 2.26. The van der Waals surface area contributed by atoms with Crippen molar-refractivity contribution in [3.05, 3.63) is 78.8 Å². The van der Waals surface area contributed by atoms with Gasteiger partial charge in [0.2, 0.25) is 0 Å². The van der Waals surface area contributed by atoms with Crippen molar-refractivity contribution in [2.75, 3.05) is 36.0 Å². The van der Waals surface area contributed by atoms with Gasteiger partial charge in [0, 0.05) is 57.1 Å². The van der Waals surface area contributed by atoms with E-state index in [-0.39, 0.29) is 0 Å². The number of Topliss-reactive ketones (excluding diaryl/α,β-unsaturated/α-hetero) is 1. The van der Waals surface area contributed by atoms with Crippen LogP contribution >= 0.6 is 0 Å². The molecule has 0 unspecified atom stereocenters. The molecule has 1 aliphatic heterocycles. The van der Waals surface area contributed by atoms with Crippen LogP contribution in [0.25, 0.3) is 22.2 Å². The van der Waals surface area contributed by atoms with Gasteiger partial charge in [-0.15, -0.1) is 0 Å². The van der Waals surface area contributed by atoms with E-state index < -0.39 is 0 Å². The summed E-state index contributed by atoms with van der Waals surface area (Å²) >= 11 is 0. The molecular formula is C29H31N5O. The summed E-state index contributed by atoms with van der Waals surface area (Å²) < 4.78 is 0. The largest absolute Gasteiger partial charge is 0.368 e. The molecule has 0 N–H and O–H groups in total. The molecule has 0 saturated carbocycles. The Hall–Kier alpha value is -3.80. The monoisotopic (exact) mass is 465 g/mol. The number of anilines is 2. The first-order valence-electron chi connectivity index (χ1n) is 12.3. The SMILES string of the molecule is CC(C)CC(=O)Cc1ccc(-c2ccc3ncc(N4CCN(c5ccncc5)CC4)nc3c2)cc1. The van der Waals surface area contributed by atoms with E-state index in [0.717, 1.165) is 59.7 Å². The van der Waals surface area contributed by atoms with Crippen LogP contribution in [0.15, 0.2) is 73.2 Å². The highest BCUT2D eigenvalue weighted by molar-refractivity contribution is 5.83. The Balaban J connectivity index is 1.29. The zero-order valence-electron chi connectivity index (χ0n) is 20.4. The first-order chi connectivity index (χ1) is 17.0. The lowest BCUT2D eigenvalue weighted by atomic mass is 9.98. The number of hydrogen-bond acceptors (Lipinski definition) is 6. The van der Waals surface area contributed by atoms with Gasteiger partial charge in [0.25, 0.3) is 0 Å². The second-order valence-corrected chi connectivity index (χ2v) is 9.62. The number of carbonyl (C=O) groups excluding carboxylic acids is 1. The van der Waals surface area contributed by atoms with Gasteiger partial charge in [-0.1, -0.05) is 44.2 Å². The third-order valence-electron chi connectivity index (χ3n) is 6.49. The molecule has 6 heteroatoms. The predicted octanol–water partition coefficient (Wildman–Crippen LogP) is 5.18. The summed E-state index contributed by atoms with van der Waals surface area (Å²) in [7, 11) is 0. The van der Waals surface area contributed by atoms with Gasteiger partial charge in [-0.2, -0.15) is 0 Å². The van der Waals surface area contributed by atoms with E-state index in [1.807, 2.05) is 24.7 Å². The number of carbonyl (C=O) groups is 1. The molecule has 1 aliphatic rings. The molecule has 0 spiro atoms. The molecule has 35 heavy (non-hydrogen) atoms. The van der Waals surface area contributed by atoms with E-state index in [2.05, 4.69) is 82.1 Å². The third kappa shape index (κ3) is 5.48. The molecule has 4 aromatic rings. The number of rotatable bonds is 7. The van der Waals surface area contributed by atoms with Gasteiger partial charge >= 0.3 is 0 Å². The molecule has 1 fully saturated rings. The zero-order valence-corrected chi connectivity index (χ0v) is 20.4. The van der Waals surface area contributed by atoms with E-state index >= 15 is 0 Å². The predicted molar refractivity (Wildman–Crippen MR) is 142 cm³/mol. The summed E-state index contributed by atoms with van der Waals surface area (Å²) in [6, 6.07) is 18.6. The standard InChI is InChI=1S/C29H31N5O/c1-21(2)17-26(35)18-22-3-5-23(6-4-22)24-7-8-27-28(19-24)32-29(20-31-27)34-15-13-33(14-16-34)25-9-11-30-12-10-25/h3-12,19-21H,13-18H2,1-2H3. The highest BCUT2D eigenvalue weighted by Gasteiger charge is 2.19. The number of aromatic nitrogens is 3. The van der Waals surface area contributed by atoms with Gasteiger partial charge in [0.1, 0.15) is 11.6 Å². The second kappa shape index (κ2) is 10.2. The van der Waals surface area contributed by atoms with Gasteiger partial charge in [-0.3, -0.25) is 14.8 Å². The van der Waals surface area contributed by atoms with Crippen molar-refractivity contribution >= 4 is 28.3 Å². The van der Waals surface area contributed by atoms with Crippen molar-refractivity contribution < 1.29 is 4.79 Å². The highest BCUT2D eigenvalue weighted by atomic mass is 16.1. The van der Waals surface area contributed by atoms with Crippen LogP contribution in [-0.2, 0) is 11.2 Å². The van der Waals surface area contributed by atoms with Crippen LogP contribution in [0.1, 0.15) is 25.8 Å². The van der Waals surface area contributed by atoms with Crippen molar-refractivity contribution in [3.63, 3.8) is 0 Å². The van der Waals surface area contributed by atoms with Crippen LogP contribution in [0, 0.1) is 5.92 Å². The number of nitrogens with zero attached hydrogens (tertiary/aromatic N) is 5. The van der Waals surface area contributed by atoms with Crippen molar-refractivity contribution in [3.8, 4) is 11.1 Å². The molecule has 0 aliphatic carbocycles. The molecule has 1 saturated heterocycles. The Labute approximate surface area is 206 Å². The normalized spacial score (nSPS) is 14.0. The van der Waals surface area contributed by atoms with Gasteiger partial charge in [0.15, 0.2) is 0 Å². The van der Waals surface area contributed by atoms with E-state index in [1.165, 1.54) is 5.69 Å². The Morgan fingerprint density at radius 2 is 1.54 bits per heavy atom. The Morgan fingerprint density at radius 3 is 2.26 bits per heavy atom. The minimum atomic E-state index is 0.294. The molecule has 2 aromatic heterocycles. The number of benzene rings is 2. The van der Waals surface area contributed by atoms with Gasteiger partial charge in [-0.25, -0.2) is 4.98 Å². The van der Waals surface area contributed by atoms with Gasteiger partial charge in [0.05, 0.1) is 17.2 Å². The maximum Gasteiger partial charge on any atom is 0.147 e. The van der Waals surface area contributed by atoms with Gasteiger partial charge in [-0.05, 0) is 46.9 Å². The fourth-order valence-corrected chi connectivity index (χ4v) is 4.65. The molecule has 2 aromatic carbocycles. The summed E-state index contributed by atoms with van der Waals surface area (Å²) in [4.78, 5) is 30.6. The van der Waals surface area contributed by atoms with Crippen molar-refractivity contribution in [1.82, 2.24) is 15.0 Å². The molecule has 0 radical (unpaired) electrons. The summed E-state index contributed by atoms with van der Waals surface area (Å²) in [6.45, 7) is 7.85. The fourth-order valence-electron chi connectivity index (χ4n) is 4.65. The van der Waals surface area contributed by atoms with E-state index in [1.54, 1.807) is 0 Å². The van der Waals surface area contributed by atoms with Crippen molar-refractivity contribution in [1.29, 1.82) is 0 Å².